The van der Waals surface area contributed by atoms with E-state index in [9.17, 15) is 0 Å². The highest BCUT2D eigenvalue weighted by Gasteiger charge is 2.03. The molecular weight excluding hydrogens is 228 g/mol. The minimum atomic E-state index is -0.0803. The predicted molar refractivity (Wildman–Crippen MR) is 69.5 cm³/mol. The van der Waals surface area contributed by atoms with Crippen molar-refractivity contribution in [3.8, 4) is 5.75 Å². The first-order valence-electron chi connectivity index (χ1n) is 6.10. The van der Waals surface area contributed by atoms with Gasteiger partial charge in [-0.05, 0) is 35.7 Å². The second kappa shape index (κ2) is 5.74. The van der Waals surface area contributed by atoms with E-state index in [1.165, 1.54) is 5.56 Å². The fourth-order valence-electron chi connectivity index (χ4n) is 1.69. The lowest BCUT2D eigenvalue weighted by Gasteiger charge is -2.07. The Morgan fingerprint density at radius 2 is 1.72 bits per heavy atom. The number of ether oxygens (including phenoxy) is 1. The summed E-state index contributed by atoms with van der Waals surface area (Å²) < 4.78 is 11.0. The van der Waals surface area contributed by atoms with E-state index in [0.29, 0.717) is 24.0 Å². The molecule has 0 bridgehead atoms. The van der Waals surface area contributed by atoms with Gasteiger partial charge in [0.25, 0.3) is 0 Å². The minimum absolute atomic E-state index is 0.0803. The molecule has 0 fully saturated rings. The lowest BCUT2D eigenvalue weighted by molar-refractivity contribution is 0.225. The molecule has 1 aromatic carbocycles. The predicted octanol–water partition coefficient (Wildman–Crippen LogP) is 3.47. The summed E-state index contributed by atoms with van der Waals surface area (Å²) in [5.74, 6) is 2.62. The average Bonchev–Trinajstić information content (AvgIpc) is 2.85. The molecule has 96 valence electrons. The molecule has 1 N–H and O–H groups in total. The van der Waals surface area contributed by atoms with Gasteiger partial charge in [-0.3, -0.25) is 0 Å². The van der Waals surface area contributed by atoms with Crippen LogP contribution >= 0.6 is 0 Å². The highest BCUT2D eigenvalue weighted by molar-refractivity contribution is 5.29. The number of benzene rings is 1. The molecule has 2 aromatic rings. The van der Waals surface area contributed by atoms with Crippen LogP contribution in [0.1, 0.15) is 36.8 Å². The molecule has 0 unspecified atom stereocenters. The van der Waals surface area contributed by atoms with Crippen molar-refractivity contribution in [1.29, 1.82) is 0 Å². The Morgan fingerprint density at radius 1 is 1.06 bits per heavy atom. The minimum Gasteiger partial charge on any atom is -0.486 e. The Hall–Kier alpha value is -1.74. The van der Waals surface area contributed by atoms with E-state index >= 15 is 0 Å². The van der Waals surface area contributed by atoms with Gasteiger partial charge >= 0.3 is 0 Å². The normalized spacial score (nSPS) is 10.9. The van der Waals surface area contributed by atoms with E-state index in [1.807, 2.05) is 18.2 Å². The van der Waals surface area contributed by atoms with Crippen molar-refractivity contribution in [3.63, 3.8) is 0 Å². The van der Waals surface area contributed by atoms with Crippen LogP contribution in [-0.4, -0.2) is 5.11 Å². The summed E-state index contributed by atoms with van der Waals surface area (Å²) in [5, 5.41) is 8.88. The van der Waals surface area contributed by atoms with Gasteiger partial charge in [-0.1, -0.05) is 26.0 Å². The molecule has 0 aliphatic heterocycles. The molecule has 0 aliphatic rings. The van der Waals surface area contributed by atoms with E-state index < -0.39 is 0 Å². The van der Waals surface area contributed by atoms with E-state index in [4.69, 9.17) is 14.3 Å². The molecule has 2 rings (SSSR count). The number of aliphatic hydroxyl groups excluding tert-OH is 1. The molecule has 0 spiro atoms. The number of hydrogen-bond acceptors (Lipinski definition) is 3. The summed E-state index contributed by atoms with van der Waals surface area (Å²) in [6.45, 7) is 4.62. The molecule has 0 radical (unpaired) electrons. The van der Waals surface area contributed by atoms with Crippen molar-refractivity contribution in [3.05, 3.63) is 53.5 Å². The van der Waals surface area contributed by atoms with Crippen molar-refractivity contribution in [2.24, 2.45) is 0 Å². The van der Waals surface area contributed by atoms with Crippen LogP contribution in [0, 0.1) is 0 Å². The van der Waals surface area contributed by atoms with Gasteiger partial charge in [0.1, 0.15) is 30.5 Å². The van der Waals surface area contributed by atoms with Crippen LogP contribution in [0.3, 0.4) is 0 Å². The molecule has 1 aromatic heterocycles. The third-order valence-corrected chi connectivity index (χ3v) is 2.80. The maximum absolute atomic E-state index is 8.88. The largest absolute Gasteiger partial charge is 0.486 e. The molecule has 18 heavy (non-hydrogen) atoms. The van der Waals surface area contributed by atoms with E-state index in [1.54, 1.807) is 6.07 Å². The third-order valence-electron chi connectivity index (χ3n) is 2.80. The summed E-state index contributed by atoms with van der Waals surface area (Å²) in [4.78, 5) is 0. The van der Waals surface area contributed by atoms with Crippen LogP contribution in [0.2, 0.25) is 0 Å². The Kier molecular flexibility index (Phi) is 4.05. The van der Waals surface area contributed by atoms with Crippen molar-refractivity contribution in [2.75, 3.05) is 0 Å². The quantitative estimate of drug-likeness (QED) is 0.878. The van der Waals surface area contributed by atoms with E-state index in [-0.39, 0.29) is 6.61 Å². The summed E-state index contributed by atoms with van der Waals surface area (Å²) in [5.41, 5.74) is 1.29. The zero-order valence-corrected chi connectivity index (χ0v) is 10.7. The van der Waals surface area contributed by atoms with Gasteiger partial charge in [0.2, 0.25) is 0 Å². The zero-order valence-electron chi connectivity index (χ0n) is 10.7. The number of furan rings is 1. The van der Waals surface area contributed by atoms with Gasteiger partial charge in [0.15, 0.2) is 0 Å². The van der Waals surface area contributed by atoms with Crippen LogP contribution in [0.5, 0.6) is 5.75 Å². The van der Waals surface area contributed by atoms with E-state index in [0.717, 1.165) is 5.75 Å². The summed E-state index contributed by atoms with van der Waals surface area (Å²) in [6, 6.07) is 11.6. The van der Waals surface area contributed by atoms with Gasteiger partial charge in [-0.15, -0.1) is 0 Å². The van der Waals surface area contributed by atoms with E-state index in [2.05, 4.69) is 26.0 Å². The molecule has 1 heterocycles. The van der Waals surface area contributed by atoms with Gasteiger partial charge < -0.3 is 14.3 Å². The van der Waals surface area contributed by atoms with Gasteiger partial charge in [-0.25, -0.2) is 0 Å². The highest BCUT2D eigenvalue weighted by atomic mass is 16.5. The maximum atomic E-state index is 8.88. The second-order valence-corrected chi connectivity index (χ2v) is 4.54. The van der Waals surface area contributed by atoms with Gasteiger partial charge in [0.05, 0.1) is 0 Å². The number of hydrogen-bond donors (Lipinski definition) is 1. The first-order chi connectivity index (χ1) is 8.69. The summed E-state index contributed by atoms with van der Waals surface area (Å²) in [6.07, 6.45) is 0. The third kappa shape index (κ3) is 3.14. The topological polar surface area (TPSA) is 42.6 Å². The molecular formula is C15H18O3. The molecule has 0 saturated heterocycles. The first-order valence-corrected chi connectivity index (χ1v) is 6.10. The number of aliphatic hydroxyl groups is 1. The van der Waals surface area contributed by atoms with Crippen LogP contribution < -0.4 is 4.74 Å². The average molecular weight is 246 g/mol. The molecule has 0 aliphatic carbocycles. The fourth-order valence-corrected chi connectivity index (χ4v) is 1.69. The molecule has 3 heteroatoms. The first kappa shape index (κ1) is 12.7. The zero-order chi connectivity index (χ0) is 13.0. The lowest BCUT2D eigenvalue weighted by Crippen LogP contribution is -1.94. The van der Waals surface area contributed by atoms with Crippen molar-refractivity contribution in [1.82, 2.24) is 0 Å². The fraction of sp³-hybridized carbons (Fsp3) is 0.333. The van der Waals surface area contributed by atoms with Gasteiger partial charge in [-0.2, -0.15) is 0 Å². The summed E-state index contributed by atoms with van der Waals surface area (Å²) in [7, 11) is 0. The van der Waals surface area contributed by atoms with Crippen LogP contribution in [0.4, 0.5) is 0 Å². The smallest absolute Gasteiger partial charge is 0.146 e. The monoisotopic (exact) mass is 246 g/mol. The Balaban J connectivity index is 1.93. The SMILES string of the molecule is CC(C)c1ccc(OCc2ccc(CO)o2)cc1. The Bertz CT molecular complexity index is 483. The molecule has 0 saturated carbocycles. The van der Waals surface area contributed by atoms with Gasteiger partial charge in [0, 0.05) is 0 Å². The Labute approximate surface area is 107 Å². The summed E-state index contributed by atoms with van der Waals surface area (Å²) >= 11 is 0. The molecule has 3 nitrogen and oxygen atoms in total. The highest BCUT2D eigenvalue weighted by Crippen LogP contribution is 2.19. The van der Waals surface area contributed by atoms with Crippen LogP contribution in [-0.2, 0) is 13.2 Å². The lowest BCUT2D eigenvalue weighted by atomic mass is 10.0. The number of rotatable bonds is 5. The van der Waals surface area contributed by atoms with Crippen molar-refractivity contribution in [2.45, 2.75) is 33.0 Å². The maximum Gasteiger partial charge on any atom is 0.146 e. The van der Waals surface area contributed by atoms with Crippen molar-refractivity contribution < 1.29 is 14.3 Å². The van der Waals surface area contributed by atoms with Crippen molar-refractivity contribution >= 4 is 0 Å². The van der Waals surface area contributed by atoms with Crippen LogP contribution in [0.15, 0.2) is 40.8 Å². The molecule has 0 atom stereocenters. The van der Waals surface area contributed by atoms with Crippen LogP contribution in [0.25, 0.3) is 0 Å². The second-order valence-electron chi connectivity index (χ2n) is 4.54. The standard InChI is InChI=1S/C15H18O3/c1-11(2)12-3-5-13(6-4-12)17-10-15-8-7-14(9-16)18-15/h3-8,11,16H,9-10H2,1-2H3. The Morgan fingerprint density at radius 3 is 2.28 bits per heavy atom. The molecule has 0 amide bonds.